The summed E-state index contributed by atoms with van der Waals surface area (Å²) in [7, 11) is 3.34. The molecular formula is C11H16N4OS2V. The molecule has 0 atom stereocenters. The molecule has 8 heteroatoms. The molecule has 1 amide bonds. The molecule has 5 nitrogen and oxygen atoms in total. The summed E-state index contributed by atoms with van der Waals surface area (Å²) in [6.07, 6.45) is 0. The topological polar surface area (TPSA) is 79.2 Å². The van der Waals surface area contributed by atoms with Gasteiger partial charge in [-0.1, -0.05) is 18.2 Å². The Balaban J connectivity index is 0. The van der Waals surface area contributed by atoms with Crippen LogP contribution in [0.5, 0.6) is 0 Å². The van der Waals surface area contributed by atoms with Gasteiger partial charge in [-0.3, -0.25) is 10.1 Å². The molecule has 0 aliphatic heterocycles. The number of rotatable bonds is 1. The number of hydrogen-bond acceptors (Lipinski definition) is 3. The molecule has 19 heavy (non-hydrogen) atoms. The summed E-state index contributed by atoms with van der Waals surface area (Å²) in [5.41, 5.74) is 5.51. The molecular weight excluding hydrogens is 319 g/mol. The van der Waals surface area contributed by atoms with E-state index >= 15 is 0 Å². The van der Waals surface area contributed by atoms with Crippen LogP contribution in [0.1, 0.15) is 10.4 Å². The smallest absolute Gasteiger partial charge is 0.257 e. The zero-order chi connectivity index (χ0) is 14.0. The second kappa shape index (κ2) is 11.9. The van der Waals surface area contributed by atoms with Crippen molar-refractivity contribution in [1.82, 2.24) is 16.0 Å². The van der Waals surface area contributed by atoms with Gasteiger partial charge >= 0.3 is 0 Å². The first kappa shape index (κ1) is 20.2. The SMILES string of the molecule is CNC(=S)NC(=O)c1ccccc1.CNC(N)=S.[V]. The molecule has 1 rings (SSSR count). The number of benzene rings is 1. The number of carbonyl (C=O) groups excluding carboxylic acids is 1. The Kier molecular flexibility index (Phi) is 12.7. The van der Waals surface area contributed by atoms with Crippen molar-refractivity contribution >= 4 is 40.6 Å². The molecule has 0 saturated heterocycles. The minimum Gasteiger partial charge on any atom is -0.376 e. The van der Waals surface area contributed by atoms with E-state index < -0.39 is 0 Å². The Morgan fingerprint density at radius 3 is 1.95 bits per heavy atom. The molecule has 0 aliphatic rings. The predicted molar refractivity (Wildman–Crippen MR) is 81.4 cm³/mol. The molecule has 0 aromatic heterocycles. The quantitative estimate of drug-likeness (QED) is 0.556. The minimum absolute atomic E-state index is 0. The molecule has 0 aliphatic carbocycles. The first-order valence-electron chi connectivity index (χ1n) is 5.06. The van der Waals surface area contributed by atoms with E-state index in [-0.39, 0.29) is 24.5 Å². The Morgan fingerprint density at radius 1 is 1.11 bits per heavy atom. The van der Waals surface area contributed by atoms with Crippen LogP contribution in [-0.4, -0.2) is 30.2 Å². The Hall–Kier alpha value is -1.15. The van der Waals surface area contributed by atoms with Gasteiger partial charge in [-0.2, -0.15) is 0 Å². The summed E-state index contributed by atoms with van der Waals surface area (Å²) in [4.78, 5) is 11.4. The average Bonchev–Trinajstić information content (AvgIpc) is 2.40. The fourth-order valence-corrected chi connectivity index (χ4v) is 0.920. The van der Waals surface area contributed by atoms with E-state index in [9.17, 15) is 4.79 Å². The van der Waals surface area contributed by atoms with Gasteiger partial charge in [-0.05, 0) is 36.6 Å². The number of hydrogen-bond donors (Lipinski definition) is 4. The summed E-state index contributed by atoms with van der Waals surface area (Å²) in [5.74, 6) is -0.194. The van der Waals surface area contributed by atoms with Gasteiger partial charge in [0.25, 0.3) is 5.91 Å². The van der Waals surface area contributed by atoms with Crippen LogP contribution in [0.25, 0.3) is 0 Å². The largest absolute Gasteiger partial charge is 0.376 e. The molecule has 0 bridgehead atoms. The van der Waals surface area contributed by atoms with E-state index in [0.717, 1.165) is 0 Å². The van der Waals surface area contributed by atoms with Gasteiger partial charge in [0.05, 0.1) is 0 Å². The molecule has 1 aromatic rings. The maximum absolute atomic E-state index is 11.4. The molecule has 0 fully saturated rings. The molecule has 5 N–H and O–H groups in total. The van der Waals surface area contributed by atoms with Crippen LogP contribution in [0.4, 0.5) is 0 Å². The predicted octanol–water partition coefficient (Wildman–Crippen LogP) is 0.368. The molecule has 0 heterocycles. The van der Waals surface area contributed by atoms with E-state index in [4.69, 9.17) is 18.0 Å². The standard InChI is InChI=1S/C9H10N2OS.C2H6N2S.V/c1-10-9(13)11-8(12)7-5-3-2-4-6-7;1-4-2(3)5;/h2-6H,1H3,(H2,10,11,12,13);1H3,(H3,3,4,5);. The van der Waals surface area contributed by atoms with Gasteiger partial charge in [0.1, 0.15) is 0 Å². The number of carbonyl (C=O) groups is 1. The van der Waals surface area contributed by atoms with E-state index in [2.05, 4.69) is 28.2 Å². The number of nitrogens with one attached hydrogen (secondary N) is 3. The Morgan fingerprint density at radius 2 is 1.58 bits per heavy atom. The minimum atomic E-state index is -0.194. The molecule has 0 unspecified atom stereocenters. The maximum Gasteiger partial charge on any atom is 0.257 e. The van der Waals surface area contributed by atoms with Crippen molar-refractivity contribution in [3.63, 3.8) is 0 Å². The zero-order valence-electron chi connectivity index (χ0n) is 10.6. The third-order valence-electron chi connectivity index (χ3n) is 1.74. The van der Waals surface area contributed by atoms with Crippen molar-refractivity contribution in [2.24, 2.45) is 5.73 Å². The van der Waals surface area contributed by atoms with Crippen molar-refractivity contribution in [3.05, 3.63) is 35.9 Å². The Labute approximate surface area is 135 Å². The molecule has 1 aromatic carbocycles. The third kappa shape index (κ3) is 10.5. The number of nitrogens with two attached hydrogens (primary N) is 1. The normalized spacial score (nSPS) is 7.89. The molecule has 0 spiro atoms. The fraction of sp³-hybridized carbons (Fsp3) is 0.182. The maximum atomic E-state index is 11.4. The first-order chi connectivity index (χ1) is 8.51. The van der Waals surface area contributed by atoms with Crippen LogP contribution in [0.2, 0.25) is 0 Å². The van der Waals surface area contributed by atoms with E-state index in [1.807, 2.05) is 6.07 Å². The van der Waals surface area contributed by atoms with Gasteiger partial charge in [0.15, 0.2) is 10.2 Å². The first-order valence-corrected chi connectivity index (χ1v) is 5.88. The summed E-state index contributed by atoms with van der Waals surface area (Å²) in [6, 6.07) is 8.92. The van der Waals surface area contributed by atoms with Gasteiger partial charge in [-0.15, -0.1) is 0 Å². The molecule has 1 radical (unpaired) electrons. The van der Waals surface area contributed by atoms with Crippen LogP contribution >= 0.6 is 24.4 Å². The fourth-order valence-electron chi connectivity index (χ4n) is 0.827. The van der Waals surface area contributed by atoms with Gasteiger partial charge < -0.3 is 16.4 Å². The average molecular weight is 335 g/mol. The summed E-state index contributed by atoms with van der Waals surface area (Å²) >= 11 is 9.15. The van der Waals surface area contributed by atoms with E-state index in [0.29, 0.717) is 15.8 Å². The van der Waals surface area contributed by atoms with E-state index in [1.54, 1.807) is 38.4 Å². The van der Waals surface area contributed by atoms with Crippen LogP contribution in [0, 0.1) is 0 Å². The van der Waals surface area contributed by atoms with Crippen molar-refractivity contribution in [2.75, 3.05) is 14.1 Å². The molecule has 103 valence electrons. The van der Waals surface area contributed by atoms with Gasteiger partial charge in [0.2, 0.25) is 0 Å². The van der Waals surface area contributed by atoms with Crippen LogP contribution in [-0.2, 0) is 18.6 Å². The van der Waals surface area contributed by atoms with Gasteiger partial charge in [-0.25, -0.2) is 0 Å². The van der Waals surface area contributed by atoms with Crippen LogP contribution in [0.3, 0.4) is 0 Å². The van der Waals surface area contributed by atoms with Gasteiger partial charge in [0, 0.05) is 38.2 Å². The van der Waals surface area contributed by atoms with Crippen molar-refractivity contribution in [1.29, 1.82) is 0 Å². The van der Waals surface area contributed by atoms with Crippen LogP contribution < -0.4 is 21.7 Å². The molecule has 0 saturated carbocycles. The third-order valence-corrected chi connectivity index (χ3v) is 2.25. The summed E-state index contributed by atoms with van der Waals surface area (Å²) in [5, 5.41) is 8.40. The number of amides is 1. The second-order valence-corrected chi connectivity index (χ2v) is 3.86. The number of thiocarbonyl (C=S) groups is 2. The second-order valence-electron chi connectivity index (χ2n) is 3.01. The summed E-state index contributed by atoms with van der Waals surface area (Å²) < 4.78 is 0. The monoisotopic (exact) mass is 335 g/mol. The Bertz CT molecular complexity index is 414. The van der Waals surface area contributed by atoms with Crippen molar-refractivity contribution in [3.8, 4) is 0 Å². The van der Waals surface area contributed by atoms with Crippen LogP contribution in [0.15, 0.2) is 30.3 Å². The summed E-state index contributed by atoms with van der Waals surface area (Å²) in [6.45, 7) is 0. The van der Waals surface area contributed by atoms with Crippen molar-refractivity contribution in [2.45, 2.75) is 0 Å². The van der Waals surface area contributed by atoms with E-state index in [1.165, 1.54) is 0 Å². The zero-order valence-corrected chi connectivity index (χ0v) is 13.7. The van der Waals surface area contributed by atoms with Crippen molar-refractivity contribution < 1.29 is 23.4 Å².